The van der Waals surface area contributed by atoms with E-state index in [1.807, 2.05) is 0 Å². The van der Waals surface area contributed by atoms with Crippen LogP contribution in [0.2, 0.25) is 0 Å². The van der Waals surface area contributed by atoms with Crippen molar-refractivity contribution in [2.75, 3.05) is 0 Å². The summed E-state index contributed by atoms with van der Waals surface area (Å²) in [6.07, 6.45) is -2.15. The van der Waals surface area contributed by atoms with Crippen LogP contribution in [0, 0.1) is 10.1 Å². The molecule has 0 spiro atoms. The van der Waals surface area contributed by atoms with Gasteiger partial charge in [0.25, 0.3) is 5.69 Å². The molecule has 0 unspecified atom stereocenters. The van der Waals surface area contributed by atoms with E-state index in [0.29, 0.717) is 12.4 Å². The van der Waals surface area contributed by atoms with Gasteiger partial charge in [-0.05, 0) is 17.7 Å². The van der Waals surface area contributed by atoms with Crippen LogP contribution in [0.15, 0.2) is 24.3 Å². The number of nitrogens with zero attached hydrogens (tertiary/aromatic N) is 1. The number of halogens is 3. The summed E-state index contributed by atoms with van der Waals surface area (Å²) in [5, 5.41) is 10.5. The second kappa shape index (κ2) is 4.77. The molecule has 0 fully saturated rings. The number of carbonyl (C=O) groups excluding carboxylic acids is 1. The van der Waals surface area contributed by atoms with Crippen LogP contribution in [0.25, 0.3) is 6.08 Å². The van der Waals surface area contributed by atoms with Gasteiger partial charge in [-0.3, -0.25) is 14.9 Å². The lowest BCUT2D eigenvalue weighted by molar-refractivity contribution is -0.388. The fourth-order valence-electron chi connectivity index (χ4n) is 1.19. The Morgan fingerprint density at radius 3 is 2.41 bits per heavy atom. The summed E-state index contributed by atoms with van der Waals surface area (Å²) in [7, 11) is 0. The van der Waals surface area contributed by atoms with Crippen molar-refractivity contribution in [3.05, 3.63) is 45.5 Å². The van der Waals surface area contributed by atoms with Crippen molar-refractivity contribution in [1.82, 2.24) is 0 Å². The molecule has 17 heavy (non-hydrogen) atoms. The summed E-state index contributed by atoms with van der Waals surface area (Å²) in [6, 6.07) is 2.43. The summed E-state index contributed by atoms with van der Waals surface area (Å²) < 4.78 is 37.2. The molecular weight excluding hydrogens is 239 g/mol. The quantitative estimate of drug-likeness (QED) is 0.356. The standard InChI is InChI=1S/C10H6F3NO3/c11-10(12,13)8-4-3-7(2-1-5-15)6-9(8)14(16)17/h1-6H. The number of allylic oxidation sites excluding steroid dienone is 1. The van der Waals surface area contributed by atoms with E-state index < -0.39 is 22.4 Å². The Morgan fingerprint density at radius 2 is 1.94 bits per heavy atom. The minimum absolute atomic E-state index is 0.150. The first kappa shape index (κ1) is 12.9. The molecule has 90 valence electrons. The molecule has 0 aromatic heterocycles. The molecule has 0 aliphatic carbocycles. The highest BCUT2D eigenvalue weighted by Crippen LogP contribution is 2.36. The second-order valence-corrected chi connectivity index (χ2v) is 3.03. The van der Waals surface area contributed by atoms with E-state index in [1.165, 1.54) is 6.08 Å². The molecule has 0 atom stereocenters. The Labute approximate surface area is 93.5 Å². The fourth-order valence-corrected chi connectivity index (χ4v) is 1.19. The molecule has 7 heteroatoms. The molecule has 0 aliphatic heterocycles. The number of alkyl halides is 3. The van der Waals surface area contributed by atoms with Crippen LogP contribution in [0.1, 0.15) is 11.1 Å². The van der Waals surface area contributed by atoms with E-state index in [4.69, 9.17) is 0 Å². The normalized spacial score (nSPS) is 11.7. The van der Waals surface area contributed by atoms with Crippen LogP contribution in [-0.4, -0.2) is 11.2 Å². The van der Waals surface area contributed by atoms with Gasteiger partial charge in [0, 0.05) is 6.07 Å². The SMILES string of the molecule is O=CC=Cc1ccc(C(F)(F)F)c([N+](=O)[O-])c1. The molecule has 0 amide bonds. The number of aldehydes is 1. The van der Waals surface area contributed by atoms with E-state index in [0.717, 1.165) is 18.2 Å². The van der Waals surface area contributed by atoms with Crippen molar-refractivity contribution >= 4 is 18.0 Å². The summed E-state index contributed by atoms with van der Waals surface area (Å²) in [5.41, 5.74) is -2.20. The van der Waals surface area contributed by atoms with Crippen molar-refractivity contribution in [2.45, 2.75) is 6.18 Å². The third kappa shape index (κ3) is 3.13. The number of hydrogen-bond donors (Lipinski definition) is 0. The topological polar surface area (TPSA) is 60.2 Å². The zero-order valence-corrected chi connectivity index (χ0v) is 8.27. The van der Waals surface area contributed by atoms with E-state index >= 15 is 0 Å². The Morgan fingerprint density at radius 1 is 1.29 bits per heavy atom. The molecular formula is C10H6F3NO3. The Hall–Kier alpha value is -2.18. The van der Waals surface area contributed by atoms with Crippen molar-refractivity contribution in [1.29, 1.82) is 0 Å². The first-order valence-electron chi connectivity index (χ1n) is 4.33. The maximum Gasteiger partial charge on any atom is 0.422 e. The summed E-state index contributed by atoms with van der Waals surface area (Å²) in [5.74, 6) is 0. The Kier molecular flexibility index (Phi) is 3.62. The smallest absolute Gasteiger partial charge is 0.299 e. The highest BCUT2D eigenvalue weighted by molar-refractivity contribution is 5.74. The lowest BCUT2D eigenvalue weighted by Crippen LogP contribution is -2.08. The van der Waals surface area contributed by atoms with Crippen LogP contribution < -0.4 is 0 Å². The zero-order valence-electron chi connectivity index (χ0n) is 8.27. The summed E-state index contributed by atoms with van der Waals surface area (Å²) >= 11 is 0. The van der Waals surface area contributed by atoms with Crippen molar-refractivity contribution in [3.63, 3.8) is 0 Å². The van der Waals surface area contributed by atoms with Crippen LogP contribution in [0.5, 0.6) is 0 Å². The molecule has 0 saturated heterocycles. The van der Waals surface area contributed by atoms with Gasteiger partial charge in [-0.2, -0.15) is 13.2 Å². The van der Waals surface area contributed by atoms with Gasteiger partial charge in [0.2, 0.25) is 0 Å². The third-order valence-corrected chi connectivity index (χ3v) is 1.89. The Bertz CT molecular complexity index is 480. The molecule has 1 rings (SSSR count). The van der Waals surface area contributed by atoms with Gasteiger partial charge < -0.3 is 0 Å². The largest absolute Gasteiger partial charge is 0.422 e. The summed E-state index contributed by atoms with van der Waals surface area (Å²) in [6.45, 7) is 0. The minimum atomic E-state index is -4.78. The van der Waals surface area contributed by atoms with E-state index in [1.54, 1.807) is 0 Å². The second-order valence-electron chi connectivity index (χ2n) is 3.03. The number of nitro groups is 1. The average molecular weight is 245 g/mol. The average Bonchev–Trinajstić information content (AvgIpc) is 2.24. The molecule has 0 aliphatic rings. The summed E-state index contributed by atoms with van der Waals surface area (Å²) in [4.78, 5) is 19.4. The van der Waals surface area contributed by atoms with Gasteiger partial charge >= 0.3 is 6.18 Å². The number of hydrogen-bond acceptors (Lipinski definition) is 3. The van der Waals surface area contributed by atoms with Crippen LogP contribution in [0.4, 0.5) is 18.9 Å². The van der Waals surface area contributed by atoms with E-state index in [9.17, 15) is 28.1 Å². The highest BCUT2D eigenvalue weighted by Gasteiger charge is 2.37. The van der Waals surface area contributed by atoms with Crippen molar-refractivity contribution < 1.29 is 22.9 Å². The Balaban J connectivity index is 3.32. The molecule has 1 aromatic carbocycles. The van der Waals surface area contributed by atoms with Gasteiger partial charge in [0.1, 0.15) is 11.8 Å². The predicted octanol–water partition coefficient (Wildman–Crippen LogP) is 2.83. The molecule has 0 bridgehead atoms. The maximum absolute atomic E-state index is 12.4. The molecule has 0 radical (unpaired) electrons. The lowest BCUT2D eigenvalue weighted by Gasteiger charge is -2.07. The monoisotopic (exact) mass is 245 g/mol. The number of rotatable bonds is 3. The minimum Gasteiger partial charge on any atom is -0.299 e. The van der Waals surface area contributed by atoms with Gasteiger partial charge in [-0.15, -0.1) is 0 Å². The third-order valence-electron chi connectivity index (χ3n) is 1.89. The van der Waals surface area contributed by atoms with Crippen molar-refractivity contribution in [3.8, 4) is 0 Å². The zero-order chi connectivity index (χ0) is 13.1. The lowest BCUT2D eigenvalue weighted by atomic mass is 10.1. The number of benzene rings is 1. The van der Waals surface area contributed by atoms with Gasteiger partial charge in [-0.1, -0.05) is 12.1 Å². The van der Waals surface area contributed by atoms with Crippen LogP contribution >= 0.6 is 0 Å². The molecule has 0 N–H and O–H groups in total. The predicted molar refractivity (Wildman–Crippen MR) is 53.2 cm³/mol. The molecule has 4 nitrogen and oxygen atoms in total. The van der Waals surface area contributed by atoms with E-state index in [-0.39, 0.29) is 5.56 Å². The first-order chi connectivity index (χ1) is 7.86. The number of nitro benzene ring substituents is 1. The van der Waals surface area contributed by atoms with Gasteiger partial charge in [0.05, 0.1) is 4.92 Å². The molecule has 0 saturated carbocycles. The van der Waals surface area contributed by atoms with Crippen LogP contribution in [0.3, 0.4) is 0 Å². The molecule has 1 aromatic rings. The van der Waals surface area contributed by atoms with Gasteiger partial charge in [0.15, 0.2) is 0 Å². The van der Waals surface area contributed by atoms with E-state index in [2.05, 4.69) is 0 Å². The maximum atomic E-state index is 12.4. The molecule has 0 heterocycles. The first-order valence-corrected chi connectivity index (χ1v) is 4.33. The van der Waals surface area contributed by atoms with Crippen molar-refractivity contribution in [2.24, 2.45) is 0 Å². The fraction of sp³-hybridized carbons (Fsp3) is 0.100. The highest BCUT2D eigenvalue weighted by atomic mass is 19.4. The van der Waals surface area contributed by atoms with Gasteiger partial charge in [-0.25, -0.2) is 0 Å². The van der Waals surface area contributed by atoms with Crippen LogP contribution in [-0.2, 0) is 11.0 Å². The number of carbonyl (C=O) groups is 1.